The molecule has 0 saturated heterocycles. The van der Waals surface area contributed by atoms with Crippen LogP contribution >= 0.6 is 0 Å². The second kappa shape index (κ2) is 28.0. The Balaban J connectivity index is 1.34. The van der Waals surface area contributed by atoms with Gasteiger partial charge in [-0.25, -0.2) is 9.59 Å². The first-order valence-corrected chi connectivity index (χ1v) is 26.9. The van der Waals surface area contributed by atoms with E-state index in [4.69, 9.17) is 38.4 Å². The van der Waals surface area contributed by atoms with Crippen LogP contribution in [0.25, 0.3) is 0 Å². The molecular formula is C58H79N3O11. The van der Waals surface area contributed by atoms with Crippen molar-refractivity contribution in [2.45, 2.75) is 154 Å². The molecule has 0 radical (unpaired) electrons. The van der Waals surface area contributed by atoms with Gasteiger partial charge in [-0.2, -0.15) is 0 Å². The van der Waals surface area contributed by atoms with E-state index in [0.717, 1.165) is 73.6 Å². The summed E-state index contributed by atoms with van der Waals surface area (Å²) in [5, 5.41) is 27.8. The number of unbranched alkanes of at least 4 members (excludes halogenated alkanes) is 11. The Bertz CT molecular complexity index is 2250. The average Bonchev–Trinajstić information content (AvgIpc) is 3.86. The Labute approximate surface area is 427 Å². The van der Waals surface area contributed by atoms with Gasteiger partial charge in [0.15, 0.2) is 11.5 Å². The van der Waals surface area contributed by atoms with E-state index in [1.165, 1.54) is 38.5 Å². The topological polar surface area (TPSA) is 167 Å². The number of fused-ring (bicyclic) bond motifs is 3. The van der Waals surface area contributed by atoms with Crippen LogP contribution in [0, 0.1) is 17.8 Å². The number of amides is 2. The normalized spacial score (nSPS) is 22.0. The van der Waals surface area contributed by atoms with Crippen LogP contribution < -0.4 is 24.3 Å². The number of aliphatic hydroxyl groups is 2. The van der Waals surface area contributed by atoms with Crippen LogP contribution in [0.5, 0.6) is 23.0 Å². The monoisotopic (exact) mass is 994 g/mol. The molecule has 0 spiro atoms. The molecule has 14 nitrogen and oxygen atoms in total. The van der Waals surface area contributed by atoms with Crippen LogP contribution in [0.2, 0.25) is 0 Å². The van der Waals surface area contributed by atoms with Gasteiger partial charge in [0.25, 0.3) is 0 Å². The third-order valence-corrected chi connectivity index (χ3v) is 14.5. The molecule has 3 N–H and O–H groups in total. The van der Waals surface area contributed by atoms with E-state index >= 15 is 4.79 Å². The molecule has 0 aromatic heterocycles. The number of oxime groups is 1. The minimum atomic E-state index is -1.53. The van der Waals surface area contributed by atoms with Crippen molar-refractivity contribution in [1.82, 2.24) is 10.2 Å². The molecule has 14 heteroatoms. The van der Waals surface area contributed by atoms with Crippen LogP contribution in [-0.4, -0.2) is 84.6 Å². The number of carbonyl (C=O) groups excluding carboxylic acids is 2. The van der Waals surface area contributed by atoms with Gasteiger partial charge in [0.1, 0.15) is 24.1 Å². The molecule has 1 fully saturated rings. The molecule has 2 aliphatic heterocycles. The molecule has 2 heterocycles. The molecule has 4 aliphatic rings. The third-order valence-electron chi connectivity index (χ3n) is 14.5. The van der Waals surface area contributed by atoms with Crippen molar-refractivity contribution in [2.24, 2.45) is 22.9 Å². The van der Waals surface area contributed by atoms with Crippen LogP contribution in [0.15, 0.2) is 96.2 Å². The lowest BCUT2D eigenvalue weighted by molar-refractivity contribution is -0.256. The highest BCUT2D eigenvalue weighted by Gasteiger charge is 2.66. The van der Waals surface area contributed by atoms with Crippen molar-refractivity contribution >= 4 is 17.9 Å². The van der Waals surface area contributed by atoms with Crippen LogP contribution in [-0.2, 0) is 27.5 Å². The predicted octanol–water partition coefficient (Wildman–Crippen LogP) is 11.9. The van der Waals surface area contributed by atoms with Crippen molar-refractivity contribution in [1.29, 1.82) is 0 Å². The molecule has 6 unspecified atom stereocenters. The number of nitrogens with zero attached hydrogens (tertiary/aromatic N) is 2. The second-order valence-electron chi connectivity index (χ2n) is 19.6. The zero-order chi connectivity index (χ0) is 50.5. The van der Waals surface area contributed by atoms with E-state index in [1.54, 1.807) is 17.0 Å². The highest BCUT2D eigenvalue weighted by atomic mass is 16.7. The lowest BCUT2D eigenvalue weighted by Crippen LogP contribution is -2.70. The Morgan fingerprint density at radius 1 is 0.833 bits per heavy atom. The van der Waals surface area contributed by atoms with Crippen molar-refractivity contribution in [3.05, 3.63) is 108 Å². The molecule has 392 valence electrons. The number of aliphatic hydroxyl groups excluding tert-OH is 2. The first kappa shape index (κ1) is 54.2. The molecule has 72 heavy (non-hydrogen) atoms. The summed E-state index contributed by atoms with van der Waals surface area (Å²) in [4.78, 5) is 36.2. The molecule has 2 aliphatic carbocycles. The molecule has 2 amide bonds. The van der Waals surface area contributed by atoms with Crippen LogP contribution in [0.4, 0.5) is 9.59 Å². The van der Waals surface area contributed by atoms with E-state index in [1.807, 2.05) is 67.6 Å². The maximum absolute atomic E-state index is 15.2. The molecular weight excluding hydrogens is 915 g/mol. The summed E-state index contributed by atoms with van der Waals surface area (Å²) < 4.78 is 38.3. The van der Waals surface area contributed by atoms with Gasteiger partial charge in [-0.05, 0) is 97.9 Å². The predicted molar refractivity (Wildman–Crippen MR) is 277 cm³/mol. The third kappa shape index (κ3) is 13.9. The number of hydrogen-bond acceptors (Lipinski definition) is 12. The number of carbonyl (C=O) groups is 2. The molecule has 3 aromatic carbocycles. The summed E-state index contributed by atoms with van der Waals surface area (Å²) in [7, 11) is 0. The maximum atomic E-state index is 15.2. The Morgan fingerprint density at radius 2 is 1.56 bits per heavy atom. The highest BCUT2D eigenvalue weighted by Crippen LogP contribution is 2.62. The molecule has 7 rings (SSSR count). The number of benzene rings is 3. The lowest BCUT2D eigenvalue weighted by atomic mass is 9.55. The van der Waals surface area contributed by atoms with Crippen molar-refractivity contribution < 1.29 is 53.1 Å². The summed E-state index contributed by atoms with van der Waals surface area (Å²) in [6, 6.07) is 20.2. The van der Waals surface area contributed by atoms with Crippen molar-refractivity contribution in [3.8, 4) is 23.0 Å². The fourth-order valence-electron chi connectivity index (χ4n) is 11.1. The summed E-state index contributed by atoms with van der Waals surface area (Å²) in [5.41, 5.74) is 4.13. The van der Waals surface area contributed by atoms with Gasteiger partial charge in [0.2, 0.25) is 12.6 Å². The minimum Gasteiger partial charge on any atom is -0.459 e. The summed E-state index contributed by atoms with van der Waals surface area (Å²) in [5.74, 6) is -0.343. The Hall–Kier alpha value is -5.57. The van der Waals surface area contributed by atoms with E-state index in [-0.39, 0.29) is 70.5 Å². The van der Waals surface area contributed by atoms with Crippen LogP contribution in [0.3, 0.4) is 0 Å². The van der Waals surface area contributed by atoms with Gasteiger partial charge in [-0.3, -0.25) is 4.90 Å². The fraction of sp³-hybridized carbons (Fsp3) is 0.569. The van der Waals surface area contributed by atoms with Gasteiger partial charge >= 0.3 is 12.2 Å². The largest absolute Gasteiger partial charge is 0.459 e. The quantitative estimate of drug-likeness (QED) is 0.0330. The Kier molecular flexibility index (Phi) is 21.1. The van der Waals surface area contributed by atoms with Gasteiger partial charge < -0.3 is 48.8 Å². The second-order valence-corrected chi connectivity index (χ2v) is 19.6. The van der Waals surface area contributed by atoms with Crippen LogP contribution in [0.1, 0.15) is 146 Å². The van der Waals surface area contributed by atoms with Gasteiger partial charge in [0.05, 0.1) is 24.8 Å². The first-order valence-electron chi connectivity index (χ1n) is 26.9. The smallest absolute Gasteiger partial charge is 0.412 e. The highest BCUT2D eigenvalue weighted by molar-refractivity contribution is 6.03. The van der Waals surface area contributed by atoms with Gasteiger partial charge in [-0.1, -0.05) is 131 Å². The maximum Gasteiger partial charge on any atom is 0.412 e. The molecule has 3 aromatic rings. The van der Waals surface area contributed by atoms with Crippen molar-refractivity contribution in [2.75, 3.05) is 39.8 Å². The van der Waals surface area contributed by atoms with E-state index in [0.29, 0.717) is 48.1 Å². The average molecular weight is 994 g/mol. The number of allylic oxidation sites excluding steroid dienone is 1. The molecule has 0 bridgehead atoms. The van der Waals surface area contributed by atoms with E-state index in [2.05, 4.69) is 24.9 Å². The standard InChI is InChI=1S/C58H79N3O11/c1-4-7-8-9-10-11-12-13-14-22-34-66-57(65)61(39-43-27-29-51-52(35-43)68-41-67-51)53-38-49(60-70-40-42-23-16-15-17-24-42)47-36-44(25-18-20-31-62)46(26-19-21-32-63)54-48-37-45(71-56(64)59-6-3)28-30-50(48)72-58(53,55(47)54)69-33-5-2/h5,15-17,23-24,27-30,35-37,44,46,53-55,62-63H,2,4,6-14,18-22,25-26,31-34,38-41H2,1,3H3,(H,59,64). The fourth-order valence-corrected chi connectivity index (χ4v) is 11.1. The minimum absolute atomic E-state index is 0.00847. The zero-order valence-electron chi connectivity index (χ0n) is 42.7. The summed E-state index contributed by atoms with van der Waals surface area (Å²) in [6.45, 7) is 9.48. The van der Waals surface area contributed by atoms with Gasteiger partial charge in [0, 0.05) is 44.2 Å². The Morgan fingerprint density at radius 3 is 2.29 bits per heavy atom. The number of ether oxygens (including phenoxy) is 6. The first-order chi connectivity index (χ1) is 35.3. The molecule has 6 atom stereocenters. The molecule has 1 saturated carbocycles. The summed E-state index contributed by atoms with van der Waals surface area (Å²) in [6.07, 6.45) is 19.0. The van der Waals surface area contributed by atoms with Crippen molar-refractivity contribution in [3.63, 3.8) is 0 Å². The van der Waals surface area contributed by atoms with Gasteiger partial charge in [-0.15, -0.1) is 6.58 Å². The number of hydrogen-bond donors (Lipinski definition) is 3. The number of rotatable bonds is 30. The van der Waals surface area contributed by atoms with E-state index in [9.17, 15) is 15.0 Å². The SMILES string of the molecule is C=CCOC12Oc3ccc(OC(=O)NCC)cc3C3C(CCCCO)C(CCCCO)C=C(C(=NOCc4ccccc4)CC1N(Cc1ccc4c(c1)OCO4)C(=O)OCCCCCCCCCCCC)C32. The lowest BCUT2D eigenvalue weighted by Gasteiger charge is -2.59. The zero-order valence-corrected chi connectivity index (χ0v) is 42.7. The summed E-state index contributed by atoms with van der Waals surface area (Å²) >= 11 is 0. The number of nitrogens with one attached hydrogen (secondary N) is 1. The van der Waals surface area contributed by atoms with E-state index < -0.39 is 29.9 Å².